The SMILES string of the molecule is Cc1ccc(C)c(C(=O)CCC(=O)N2CCO[C@@H](c3ncon3)C2)c1. The molecule has 0 N–H and O–H groups in total. The number of aryl methyl sites for hydroxylation is 2. The lowest BCUT2D eigenvalue weighted by molar-refractivity contribution is -0.139. The molecular weight excluding hydrogens is 322 g/mol. The lowest BCUT2D eigenvalue weighted by Gasteiger charge is -2.31. The lowest BCUT2D eigenvalue weighted by atomic mass is 9.99. The number of ether oxygens (including phenoxy) is 1. The molecule has 0 saturated carbocycles. The highest BCUT2D eigenvalue weighted by Gasteiger charge is 2.28. The maximum atomic E-state index is 12.5. The topological polar surface area (TPSA) is 85.5 Å². The number of aromatic nitrogens is 2. The van der Waals surface area contributed by atoms with Crippen molar-refractivity contribution in [3.05, 3.63) is 47.1 Å². The molecule has 2 heterocycles. The second-order valence-corrected chi connectivity index (χ2v) is 6.23. The molecule has 7 nitrogen and oxygen atoms in total. The number of carbonyl (C=O) groups excluding carboxylic acids is 2. The van der Waals surface area contributed by atoms with Crippen LogP contribution in [0, 0.1) is 13.8 Å². The fourth-order valence-electron chi connectivity index (χ4n) is 2.90. The first-order valence-corrected chi connectivity index (χ1v) is 8.30. The fourth-order valence-corrected chi connectivity index (χ4v) is 2.90. The van der Waals surface area contributed by atoms with E-state index < -0.39 is 0 Å². The summed E-state index contributed by atoms with van der Waals surface area (Å²) in [5.41, 5.74) is 2.67. The molecule has 0 aliphatic carbocycles. The van der Waals surface area contributed by atoms with E-state index in [0.717, 1.165) is 11.1 Å². The van der Waals surface area contributed by atoms with Gasteiger partial charge in [-0.15, -0.1) is 0 Å². The minimum Gasteiger partial charge on any atom is -0.366 e. The summed E-state index contributed by atoms with van der Waals surface area (Å²) in [4.78, 5) is 30.5. The van der Waals surface area contributed by atoms with Gasteiger partial charge in [-0.25, -0.2) is 0 Å². The average molecular weight is 343 g/mol. The van der Waals surface area contributed by atoms with Crippen molar-refractivity contribution < 1.29 is 18.8 Å². The largest absolute Gasteiger partial charge is 0.366 e. The average Bonchev–Trinajstić information content (AvgIpc) is 3.16. The summed E-state index contributed by atoms with van der Waals surface area (Å²) < 4.78 is 10.3. The quantitative estimate of drug-likeness (QED) is 0.774. The Morgan fingerprint density at radius 2 is 2.12 bits per heavy atom. The maximum Gasteiger partial charge on any atom is 0.223 e. The molecule has 1 saturated heterocycles. The molecule has 0 unspecified atom stereocenters. The molecule has 1 fully saturated rings. The molecule has 0 radical (unpaired) electrons. The Hall–Kier alpha value is -2.54. The van der Waals surface area contributed by atoms with Crippen molar-refractivity contribution in [3.8, 4) is 0 Å². The highest BCUT2D eigenvalue weighted by atomic mass is 16.5. The number of morpholine rings is 1. The van der Waals surface area contributed by atoms with Gasteiger partial charge in [-0.3, -0.25) is 9.59 Å². The van der Waals surface area contributed by atoms with E-state index in [-0.39, 0.29) is 30.6 Å². The molecule has 1 aromatic heterocycles. The van der Waals surface area contributed by atoms with Crippen LogP contribution in [0.5, 0.6) is 0 Å². The Labute approximate surface area is 146 Å². The third kappa shape index (κ3) is 4.11. The Balaban J connectivity index is 1.57. The number of rotatable bonds is 5. The van der Waals surface area contributed by atoms with Gasteiger partial charge < -0.3 is 14.2 Å². The van der Waals surface area contributed by atoms with Crippen LogP contribution in [0.4, 0.5) is 0 Å². The van der Waals surface area contributed by atoms with Crippen molar-refractivity contribution in [2.24, 2.45) is 0 Å². The van der Waals surface area contributed by atoms with E-state index in [1.165, 1.54) is 6.39 Å². The molecule has 7 heteroatoms. The number of ketones is 1. The highest BCUT2D eigenvalue weighted by Crippen LogP contribution is 2.20. The Morgan fingerprint density at radius 3 is 2.88 bits per heavy atom. The molecule has 0 bridgehead atoms. The zero-order valence-electron chi connectivity index (χ0n) is 14.4. The maximum absolute atomic E-state index is 12.5. The number of Topliss-reactive ketones (excluding diaryl/α,β-unsaturated/α-hetero) is 1. The van der Waals surface area contributed by atoms with E-state index in [4.69, 9.17) is 9.26 Å². The van der Waals surface area contributed by atoms with Gasteiger partial charge in [0, 0.05) is 24.9 Å². The molecular formula is C18H21N3O4. The highest BCUT2D eigenvalue weighted by molar-refractivity contribution is 5.99. The van der Waals surface area contributed by atoms with Crippen LogP contribution in [0.2, 0.25) is 0 Å². The number of hydrogen-bond acceptors (Lipinski definition) is 6. The predicted molar refractivity (Wildman–Crippen MR) is 89.1 cm³/mol. The first-order chi connectivity index (χ1) is 12.0. The normalized spacial score (nSPS) is 17.5. The second-order valence-electron chi connectivity index (χ2n) is 6.23. The molecule has 1 atom stereocenters. The van der Waals surface area contributed by atoms with Crippen LogP contribution in [-0.2, 0) is 9.53 Å². The fraction of sp³-hybridized carbons (Fsp3) is 0.444. The predicted octanol–water partition coefficient (Wildman–Crippen LogP) is 2.25. The van der Waals surface area contributed by atoms with E-state index in [2.05, 4.69) is 10.1 Å². The van der Waals surface area contributed by atoms with Gasteiger partial charge in [0.2, 0.25) is 18.1 Å². The number of hydrogen-bond donors (Lipinski definition) is 0. The van der Waals surface area contributed by atoms with Gasteiger partial charge in [-0.2, -0.15) is 4.98 Å². The zero-order valence-corrected chi connectivity index (χ0v) is 14.4. The van der Waals surface area contributed by atoms with Crippen molar-refractivity contribution in [1.82, 2.24) is 15.0 Å². The number of amides is 1. The van der Waals surface area contributed by atoms with Gasteiger partial charge in [-0.05, 0) is 25.5 Å². The molecule has 3 rings (SSSR count). The van der Waals surface area contributed by atoms with Gasteiger partial charge in [0.1, 0.15) is 6.10 Å². The summed E-state index contributed by atoms with van der Waals surface area (Å²) in [5, 5.41) is 3.76. The molecule has 1 aromatic carbocycles. The third-order valence-electron chi connectivity index (χ3n) is 4.34. The summed E-state index contributed by atoms with van der Waals surface area (Å²) in [6.45, 7) is 5.15. The molecule has 132 valence electrons. The van der Waals surface area contributed by atoms with Gasteiger partial charge >= 0.3 is 0 Å². The monoisotopic (exact) mass is 343 g/mol. The summed E-state index contributed by atoms with van der Waals surface area (Å²) >= 11 is 0. The van der Waals surface area contributed by atoms with Crippen LogP contribution in [0.25, 0.3) is 0 Å². The Bertz CT molecular complexity index is 758. The van der Waals surface area contributed by atoms with Crippen molar-refractivity contribution in [2.45, 2.75) is 32.8 Å². The summed E-state index contributed by atoms with van der Waals surface area (Å²) in [5.74, 6) is 0.372. The summed E-state index contributed by atoms with van der Waals surface area (Å²) in [6.07, 6.45) is 1.24. The number of carbonyl (C=O) groups is 2. The van der Waals surface area contributed by atoms with E-state index in [1.807, 2.05) is 32.0 Å². The first-order valence-electron chi connectivity index (χ1n) is 8.30. The van der Waals surface area contributed by atoms with E-state index >= 15 is 0 Å². The van der Waals surface area contributed by atoms with Gasteiger partial charge in [-0.1, -0.05) is 22.9 Å². The van der Waals surface area contributed by atoms with Crippen molar-refractivity contribution >= 4 is 11.7 Å². The zero-order chi connectivity index (χ0) is 17.8. The van der Waals surface area contributed by atoms with E-state index in [9.17, 15) is 9.59 Å². The smallest absolute Gasteiger partial charge is 0.223 e. The standard InChI is InChI=1S/C18H21N3O4/c1-12-3-4-13(2)14(9-12)15(22)5-6-17(23)21-7-8-24-16(10-21)18-19-11-25-20-18/h3-4,9,11,16H,5-8,10H2,1-2H3/t16-/m1/s1. The minimum atomic E-state index is -0.383. The van der Waals surface area contributed by atoms with E-state index in [1.54, 1.807) is 4.90 Å². The molecule has 2 aromatic rings. The van der Waals surface area contributed by atoms with Crippen LogP contribution in [0.15, 0.2) is 29.1 Å². The van der Waals surface area contributed by atoms with Crippen LogP contribution in [0.3, 0.4) is 0 Å². The van der Waals surface area contributed by atoms with Crippen molar-refractivity contribution in [3.63, 3.8) is 0 Å². The minimum absolute atomic E-state index is 0.00229. The van der Waals surface area contributed by atoms with Gasteiger partial charge in [0.25, 0.3) is 0 Å². The Morgan fingerprint density at radius 1 is 1.28 bits per heavy atom. The molecule has 1 aliphatic rings. The Kier molecular flexibility index (Phi) is 5.23. The second kappa shape index (κ2) is 7.57. The molecule has 1 amide bonds. The van der Waals surface area contributed by atoms with Gasteiger partial charge in [0.05, 0.1) is 13.2 Å². The van der Waals surface area contributed by atoms with Crippen LogP contribution in [0.1, 0.15) is 46.3 Å². The number of nitrogens with zero attached hydrogens (tertiary/aromatic N) is 3. The number of benzene rings is 1. The van der Waals surface area contributed by atoms with Crippen LogP contribution < -0.4 is 0 Å². The molecule has 25 heavy (non-hydrogen) atoms. The molecule has 0 spiro atoms. The van der Waals surface area contributed by atoms with Crippen molar-refractivity contribution in [1.29, 1.82) is 0 Å². The molecule has 1 aliphatic heterocycles. The lowest BCUT2D eigenvalue weighted by Crippen LogP contribution is -2.42. The van der Waals surface area contributed by atoms with E-state index in [0.29, 0.717) is 31.1 Å². The first kappa shape index (κ1) is 17.3. The van der Waals surface area contributed by atoms with Gasteiger partial charge in [0.15, 0.2) is 5.78 Å². The summed E-state index contributed by atoms with van der Waals surface area (Å²) in [7, 11) is 0. The van der Waals surface area contributed by atoms with Crippen LogP contribution >= 0.6 is 0 Å². The summed E-state index contributed by atoms with van der Waals surface area (Å²) in [6, 6.07) is 5.79. The van der Waals surface area contributed by atoms with Crippen LogP contribution in [-0.4, -0.2) is 46.4 Å². The third-order valence-corrected chi connectivity index (χ3v) is 4.34. The van der Waals surface area contributed by atoms with Crippen molar-refractivity contribution in [2.75, 3.05) is 19.7 Å².